The Labute approximate surface area is 100 Å². The molecule has 1 aromatic heterocycles. The maximum atomic E-state index is 5.75. The number of nitrogens with zero attached hydrogens (tertiary/aromatic N) is 1. The molecule has 0 atom stereocenters. The molecule has 0 aliphatic heterocycles. The fraction of sp³-hybridized carbons (Fsp3) is 0.100. The minimum absolute atomic E-state index is 0.243. The van der Waals surface area contributed by atoms with Crippen LogP contribution in [0.2, 0.25) is 5.22 Å². The highest BCUT2D eigenvalue weighted by Crippen LogP contribution is 2.34. The van der Waals surface area contributed by atoms with Crippen LogP contribution in [0.4, 0.5) is 0 Å². The van der Waals surface area contributed by atoms with Crippen LogP contribution in [0.25, 0.3) is 11.3 Å². The van der Waals surface area contributed by atoms with E-state index in [4.69, 9.17) is 20.9 Å². The molecule has 0 bridgehead atoms. The van der Waals surface area contributed by atoms with Crippen LogP contribution in [-0.2, 0) is 0 Å². The maximum absolute atomic E-state index is 5.75. The molecule has 0 unspecified atom stereocenters. The number of rotatable bonds is 2. The van der Waals surface area contributed by atoms with E-state index in [1.54, 1.807) is 7.11 Å². The summed E-state index contributed by atoms with van der Waals surface area (Å²) in [5.74, 6) is 0.763. The van der Waals surface area contributed by atoms with Gasteiger partial charge in [-0.3, -0.25) is 0 Å². The molecule has 2 aromatic rings. The molecule has 0 amide bonds. The highest BCUT2D eigenvalue weighted by atomic mass is 79.9. The fourth-order valence-corrected chi connectivity index (χ4v) is 1.71. The number of methoxy groups -OCH3 is 1. The Morgan fingerprint density at radius 3 is 2.87 bits per heavy atom. The van der Waals surface area contributed by atoms with Crippen LogP contribution in [0.5, 0.6) is 5.75 Å². The van der Waals surface area contributed by atoms with Gasteiger partial charge in [0.2, 0.25) is 5.22 Å². The van der Waals surface area contributed by atoms with Crippen molar-refractivity contribution in [2.24, 2.45) is 0 Å². The summed E-state index contributed by atoms with van der Waals surface area (Å²) in [6.45, 7) is 0. The molecule has 2 rings (SSSR count). The summed E-state index contributed by atoms with van der Waals surface area (Å²) in [5, 5.41) is 4.09. The Kier molecular flexibility index (Phi) is 2.98. The van der Waals surface area contributed by atoms with Crippen molar-refractivity contribution >= 4 is 27.5 Å². The van der Waals surface area contributed by atoms with Gasteiger partial charge in [-0.25, -0.2) is 0 Å². The molecule has 78 valence electrons. The van der Waals surface area contributed by atoms with Gasteiger partial charge in [-0.1, -0.05) is 17.3 Å². The Morgan fingerprint density at radius 2 is 2.27 bits per heavy atom. The minimum Gasteiger partial charge on any atom is -0.497 e. The normalized spacial score (nSPS) is 10.3. The van der Waals surface area contributed by atoms with Crippen molar-refractivity contribution in [2.45, 2.75) is 0 Å². The first kappa shape index (κ1) is 10.5. The van der Waals surface area contributed by atoms with E-state index in [0.717, 1.165) is 11.3 Å². The molecule has 5 heteroatoms. The van der Waals surface area contributed by atoms with Gasteiger partial charge in [0.15, 0.2) is 0 Å². The molecule has 0 N–H and O–H groups in total. The van der Waals surface area contributed by atoms with Crippen LogP contribution in [-0.4, -0.2) is 12.3 Å². The third-order valence-electron chi connectivity index (χ3n) is 1.94. The van der Waals surface area contributed by atoms with Gasteiger partial charge in [-0.15, -0.1) is 0 Å². The van der Waals surface area contributed by atoms with Crippen molar-refractivity contribution in [1.82, 2.24) is 5.16 Å². The van der Waals surface area contributed by atoms with Gasteiger partial charge in [0, 0.05) is 5.56 Å². The quantitative estimate of drug-likeness (QED) is 0.844. The first-order valence-electron chi connectivity index (χ1n) is 4.17. The highest BCUT2D eigenvalue weighted by Gasteiger charge is 2.13. The van der Waals surface area contributed by atoms with Crippen molar-refractivity contribution in [3.63, 3.8) is 0 Å². The van der Waals surface area contributed by atoms with Gasteiger partial charge in [-0.05, 0) is 39.7 Å². The monoisotopic (exact) mass is 287 g/mol. The summed E-state index contributed by atoms with van der Waals surface area (Å²) in [7, 11) is 1.62. The topological polar surface area (TPSA) is 35.3 Å². The molecule has 0 saturated heterocycles. The van der Waals surface area contributed by atoms with E-state index >= 15 is 0 Å². The molecule has 1 aromatic carbocycles. The average molecular weight is 289 g/mol. The Bertz CT molecular complexity index is 484. The Balaban J connectivity index is 2.49. The summed E-state index contributed by atoms with van der Waals surface area (Å²) in [5.41, 5.74) is 1.55. The van der Waals surface area contributed by atoms with Crippen molar-refractivity contribution < 1.29 is 9.26 Å². The van der Waals surface area contributed by atoms with Crippen LogP contribution in [0, 0.1) is 0 Å². The van der Waals surface area contributed by atoms with Crippen LogP contribution in [0.15, 0.2) is 33.3 Å². The van der Waals surface area contributed by atoms with Crippen molar-refractivity contribution in [3.8, 4) is 17.0 Å². The third-order valence-corrected chi connectivity index (χ3v) is 3.16. The molecule has 0 aliphatic rings. The SMILES string of the molecule is COc1cccc(-c2noc(Cl)c2Br)c1. The maximum Gasteiger partial charge on any atom is 0.240 e. The number of aromatic nitrogens is 1. The molecule has 0 aliphatic carbocycles. The predicted molar refractivity (Wildman–Crippen MR) is 61.2 cm³/mol. The second kappa shape index (κ2) is 4.24. The van der Waals surface area contributed by atoms with Gasteiger partial charge in [-0.2, -0.15) is 0 Å². The zero-order valence-electron chi connectivity index (χ0n) is 7.83. The number of hydrogen-bond acceptors (Lipinski definition) is 3. The van der Waals surface area contributed by atoms with E-state index in [9.17, 15) is 0 Å². The molecule has 0 spiro atoms. The number of benzene rings is 1. The minimum atomic E-state index is 0.243. The van der Waals surface area contributed by atoms with Crippen molar-refractivity contribution in [1.29, 1.82) is 0 Å². The van der Waals surface area contributed by atoms with E-state index in [1.807, 2.05) is 24.3 Å². The standard InChI is InChI=1S/C10H7BrClNO2/c1-14-7-4-2-3-6(5-7)9-8(11)10(12)15-13-9/h2-5H,1H3. The van der Waals surface area contributed by atoms with Crippen LogP contribution < -0.4 is 4.74 Å². The lowest BCUT2D eigenvalue weighted by Crippen LogP contribution is -1.84. The zero-order valence-corrected chi connectivity index (χ0v) is 10.2. The lowest BCUT2D eigenvalue weighted by molar-refractivity contribution is 0.414. The summed E-state index contributed by atoms with van der Waals surface area (Å²) >= 11 is 9.05. The molecule has 15 heavy (non-hydrogen) atoms. The predicted octanol–water partition coefficient (Wildman–Crippen LogP) is 3.77. The number of hydrogen-bond donors (Lipinski definition) is 0. The van der Waals surface area contributed by atoms with Crippen molar-refractivity contribution in [3.05, 3.63) is 34.0 Å². The largest absolute Gasteiger partial charge is 0.497 e. The van der Waals surface area contributed by atoms with Crippen molar-refractivity contribution in [2.75, 3.05) is 7.11 Å². The van der Waals surface area contributed by atoms with Crippen LogP contribution >= 0.6 is 27.5 Å². The van der Waals surface area contributed by atoms with Gasteiger partial charge in [0.1, 0.15) is 15.9 Å². The fourth-order valence-electron chi connectivity index (χ4n) is 1.21. The summed E-state index contributed by atoms with van der Waals surface area (Å²) < 4.78 is 10.6. The summed E-state index contributed by atoms with van der Waals surface area (Å²) in [6.07, 6.45) is 0. The van der Waals surface area contributed by atoms with E-state index in [1.165, 1.54) is 0 Å². The molecular weight excluding hydrogens is 281 g/mol. The van der Waals surface area contributed by atoms with E-state index < -0.39 is 0 Å². The molecule has 0 fully saturated rings. The highest BCUT2D eigenvalue weighted by molar-refractivity contribution is 9.10. The van der Waals surface area contributed by atoms with Crippen LogP contribution in [0.3, 0.4) is 0 Å². The van der Waals surface area contributed by atoms with E-state index in [-0.39, 0.29) is 5.22 Å². The average Bonchev–Trinajstić information content (AvgIpc) is 2.60. The molecule has 0 saturated carbocycles. The lowest BCUT2D eigenvalue weighted by Gasteiger charge is -2.01. The van der Waals surface area contributed by atoms with E-state index in [2.05, 4.69) is 21.1 Å². The molecule has 3 nitrogen and oxygen atoms in total. The molecular formula is C10H7BrClNO2. The van der Waals surface area contributed by atoms with Gasteiger partial charge in [0.25, 0.3) is 0 Å². The van der Waals surface area contributed by atoms with Gasteiger partial charge in [0.05, 0.1) is 7.11 Å². The third kappa shape index (κ3) is 2.01. The first-order chi connectivity index (χ1) is 7.22. The Hall–Kier alpha value is -1.00. The number of halogens is 2. The Morgan fingerprint density at radius 1 is 1.47 bits per heavy atom. The van der Waals surface area contributed by atoms with Gasteiger partial charge < -0.3 is 9.26 Å². The van der Waals surface area contributed by atoms with Crippen LogP contribution in [0.1, 0.15) is 0 Å². The zero-order chi connectivity index (χ0) is 10.8. The number of ether oxygens (including phenoxy) is 1. The summed E-state index contributed by atoms with van der Waals surface area (Å²) in [6, 6.07) is 7.50. The molecule has 0 radical (unpaired) electrons. The van der Waals surface area contributed by atoms with E-state index in [0.29, 0.717) is 10.2 Å². The second-order valence-corrected chi connectivity index (χ2v) is 3.99. The lowest BCUT2D eigenvalue weighted by atomic mass is 10.1. The second-order valence-electron chi connectivity index (χ2n) is 2.85. The smallest absolute Gasteiger partial charge is 0.240 e. The molecule has 1 heterocycles. The summed E-state index contributed by atoms with van der Waals surface area (Å²) in [4.78, 5) is 0. The van der Waals surface area contributed by atoms with Gasteiger partial charge >= 0.3 is 0 Å². The first-order valence-corrected chi connectivity index (χ1v) is 5.34.